The lowest BCUT2D eigenvalue weighted by Gasteiger charge is -2.13. The Kier molecular flexibility index (Phi) is 3.79. The minimum atomic E-state index is 0.184. The zero-order valence-electron chi connectivity index (χ0n) is 10.5. The molecule has 3 nitrogen and oxygen atoms in total. The molecule has 17 heavy (non-hydrogen) atoms. The monoisotopic (exact) mass is 232 g/mol. The molecule has 1 fully saturated rings. The second-order valence-corrected chi connectivity index (χ2v) is 4.79. The van der Waals surface area contributed by atoms with Crippen molar-refractivity contribution in [3.05, 3.63) is 34.9 Å². The highest BCUT2D eigenvalue weighted by atomic mass is 16.1. The van der Waals surface area contributed by atoms with Crippen LogP contribution in [0.15, 0.2) is 18.2 Å². The standard InChI is InChI=1S/C14H20N2O/c1-10-4-3-5-12(11(10)2)8-15-9-13-6-7-14(17)16-13/h3-5,13,15H,6-9H2,1-2H3,(H,16,17). The highest BCUT2D eigenvalue weighted by molar-refractivity contribution is 5.78. The van der Waals surface area contributed by atoms with Crippen LogP contribution in [0.3, 0.4) is 0 Å². The van der Waals surface area contributed by atoms with Gasteiger partial charge in [-0.1, -0.05) is 18.2 Å². The van der Waals surface area contributed by atoms with Crippen molar-refractivity contribution < 1.29 is 4.79 Å². The number of carbonyl (C=O) groups excluding carboxylic acids is 1. The Labute approximate surface area is 103 Å². The first-order chi connectivity index (χ1) is 8.16. The van der Waals surface area contributed by atoms with Crippen LogP contribution in [-0.2, 0) is 11.3 Å². The lowest BCUT2D eigenvalue weighted by atomic mass is 10.0. The van der Waals surface area contributed by atoms with E-state index in [1.165, 1.54) is 16.7 Å². The summed E-state index contributed by atoms with van der Waals surface area (Å²) in [5.74, 6) is 0.184. The molecule has 1 unspecified atom stereocenters. The van der Waals surface area contributed by atoms with Crippen molar-refractivity contribution in [2.75, 3.05) is 6.54 Å². The number of hydrogen-bond acceptors (Lipinski definition) is 2. The molecule has 0 aliphatic carbocycles. The minimum Gasteiger partial charge on any atom is -0.352 e. The van der Waals surface area contributed by atoms with E-state index in [2.05, 4.69) is 42.7 Å². The van der Waals surface area contributed by atoms with Crippen LogP contribution < -0.4 is 10.6 Å². The summed E-state index contributed by atoms with van der Waals surface area (Å²) in [6, 6.07) is 6.70. The number of rotatable bonds is 4. The van der Waals surface area contributed by atoms with Crippen LogP contribution in [0, 0.1) is 13.8 Å². The zero-order valence-corrected chi connectivity index (χ0v) is 10.5. The molecule has 2 N–H and O–H groups in total. The lowest BCUT2D eigenvalue weighted by molar-refractivity contribution is -0.119. The number of benzene rings is 1. The molecule has 1 saturated heterocycles. The Morgan fingerprint density at radius 1 is 1.41 bits per heavy atom. The number of nitrogens with one attached hydrogen (secondary N) is 2. The normalized spacial score (nSPS) is 19.4. The van der Waals surface area contributed by atoms with Crippen LogP contribution >= 0.6 is 0 Å². The third kappa shape index (κ3) is 3.07. The lowest BCUT2D eigenvalue weighted by Crippen LogP contribution is -2.35. The van der Waals surface area contributed by atoms with E-state index in [-0.39, 0.29) is 5.91 Å². The first-order valence-electron chi connectivity index (χ1n) is 6.22. The van der Waals surface area contributed by atoms with Gasteiger partial charge in [0, 0.05) is 25.6 Å². The van der Waals surface area contributed by atoms with Crippen molar-refractivity contribution in [1.82, 2.24) is 10.6 Å². The fourth-order valence-corrected chi connectivity index (χ4v) is 2.21. The molecule has 1 heterocycles. The molecule has 0 aromatic heterocycles. The van der Waals surface area contributed by atoms with Gasteiger partial charge in [-0.15, -0.1) is 0 Å². The van der Waals surface area contributed by atoms with E-state index in [1.54, 1.807) is 0 Å². The maximum atomic E-state index is 11.0. The Bertz CT molecular complexity index is 415. The quantitative estimate of drug-likeness (QED) is 0.829. The number of aryl methyl sites for hydroxylation is 1. The maximum absolute atomic E-state index is 11.0. The van der Waals surface area contributed by atoms with Gasteiger partial charge in [-0.25, -0.2) is 0 Å². The third-order valence-electron chi connectivity index (χ3n) is 3.51. The molecule has 1 aliphatic heterocycles. The molecule has 1 aromatic carbocycles. The predicted octanol–water partition coefficient (Wildman–Crippen LogP) is 1.67. The summed E-state index contributed by atoms with van der Waals surface area (Å²) in [4.78, 5) is 11.0. The molecule has 1 aliphatic rings. The first kappa shape index (κ1) is 12.1. The molecule has 2 rings (SSSR count). The van der Waals surface area contributed by atoms with Crippen molar-refractivity contribution in [1.29, 1.82) is 0 Å². The Morgan fingerprint density at radius 2 is 2.24 bits per heavy atom. The van der Waals surface area contributed by atoms with E-state index < -0.39 is 0 Å². The summed E-state index contributed by atoms with van der Waals surface area (Å²) in [5, 5.41) is 6.38. The van der Waals surface area contributed by atoms with Gasteiger partial charge >= 0.3 is 0 Å². The van der Waals surface area contributed by atoms with E-state index in [4.69, 9.17) is 0 Å². The van der Waals surface area contributed by atoms with E-state index in [0.717, 1.165) is 19.5 Å². The smallest absolute Gasteiger partial charge is 0.220 e. The van der Waals surface area contributed by atoms with Crippen molar-refractivity contribution in [2.45, 2.75) is 39.3 Å². The minimum absolute atomic E-state index is 0.184. The molecule has 3 heteroatoms. The zero-order chi connectivity index (χ0) is 12.3. The van der Waals surface area contributed by atoms with Gasteiger partial charge < -0.3 is 10.6 Å². The average Bonchev–Trinajstić information content (AvgIpc) is 2.70. The molecule has 92 valence electrons. The molecule has 0 saturated carbocycles. The molecule has 0 radical (unpaired) electrons. The van der Waals surface area contributed by atoms with Gasteiger partial charge in [0.25, 0.3) is 0 Å². The van der Waals surface area contributed by atoms with Crippen molar-refractivity contribution >= 4 is 5.91 Å². The number of hydrogen-bond donors (Lipinski definition) is 2. The van der Waals surface area contributed by atoms with Crippen LogP contribution in [0.25, 0.3) is 0 Å². The third-order valence-corrected chi connectivity index (χ3v) is 3.51. The van der Waals surface area contributed by atoms with Gasteiger partial charge in [0.15, 0.2) is 0 Å². The Morgan fingerprint density at radius 3 is 2.94 bits per heavy atom. The summed E-state index contributed by atoms with van der Waals surface area (Å²) in [7, 11) is 0. The Hall–Kier alpha value is -1.35. The molecule has 1 aromatic rings. The van der Waals surface area contributed by atoms with E-state index in [9.17, 15) is 4.79 Å². The summed E-state index contributed by atoms with van der Waals surface area (Å²) < 4.78 is 0. The summed E-state index contributed by atoms with van der Waals surface area (Å²) in [5.41, 5.74) is 4.03. The average molecular weight is 232 g/mol. The van der Waals surface area contributed by atoms with Gasteiger partial charge in [0.1, 0.15) is 0 Å². The van der Waals surface area contributed by atoms with Gasteiger partial charge in [0.2, 0.25) is 5.91 Å². The second kappa shape index (κ2) is 5.32. The van der Waals surface area contributed by atoms with Crippen molar-refractivity contribution in [3.8, 4) is 0 Å². The molecular formula is C14H20N2O. The molecular weight excluding hydrogens is 212 g/mol. The predicted molar refractivity (Wildman–Crippen MR) is 68.8 cm³/mol. The first-order valence-corrected chi connectivity index (χ1v) is 6.22. The largest absolute Gasteiger partial charge is 0.352 e. The second-order valence-electron chi connectivity index (χ2n) is 4.79. The van der Waals surface area contributed by atoms with Crippen molar-refractivity contribution in [3.63, 3.8) is 0 Å². The van der Waals surface area contributed by atoms with Gasteiger partial charge in [0.05, 0.1) is 0 Å². The van der Waals surface area contributed by atoms with Gasteiger partial charge in [-0.3, -0.25) is 4.79 Å². The highest BCUT2D eigenvalue weighted by Gasteiger charge is 2.19. The van der Waals surface area contributed by atoms with E-state index >= 15 is 0 Å². The van der Waals surface area contributed by atoms with E-state index in [0.29, 0.717) is 12.5 Å². The Balaban J connectivity index is 1.82. The van der Waals surface area contributed by atoms with Crippen LogP contribution in [0.1, 0.15) is 29.5 Å². The highest BCUT2D eigenvalue weighted by Crippen LogP contribution is 2.12. The summed E-state index contributed by atoms with van der Waals surface area (Å²) in [6.45, 7) is 6.03. The molecule has 0 spiro atoms. The molecule has 1 amide bonds. The maximum Gasteiger partial charge on any atom is 0.220 e. The fraction of sp³-hybridized carbons (Fsp3) is 0.500. The topological polar surface area (TPSA) is 41.1 Å². The molecule has 0 bridgehead atoms. The SMILES string of the molecule is Cc1cccc(CNCC2CCC(=O)N2)c1C. The summed E-state index contributed by atoms with van der Waals surface area (Å²) >= 11 is 0. The fourth-order valence-electron chi connectivity index (χ4n) is 2.21. The number of carbonyl (C=O) groups is 1. The van der Waals surface area contributed by atoms with Crippen molar-refractivity contribution in [2.24, 2.45) is 0 Å². The molecule has 1 atom stereocenters. The van der Waals surface area contributed by atoms with Crippen LogP contribution in [0.4, 0.5) is 0 Å². The van der Waals surface area contributed by atoms with Gasteiger partial charge in [-0.05, 0) is 37.0 Å². The van der Waals surface area contributed by atoms with Crippen LogP contribution in [-0.4, -0.2) is 18.5 Å². The number of amides is 1. The van der Waals surface area contributed by atoms with E-state index in [1.807, 2.05) is 0 Å². The van der Waals surface area contributed by atoms with Crippen LogP contribution in [0.2, 0.25) is 0 Å². The summed E-state index contributed by atoms with van der Waals surface area (Å²) in [6.07, 6.45) is 1.63. The van der Waals surface area contributed by atoms with Gasteiger partial charge in [-0.2, -0.15) is 0 Å². The van der Waals surface area contributed by atoms with Crippen LogP contribution in [0.5, 0.6) is 0 Å².